The number of anilines is 1. The molecule has 3 heterocycles. The number of carbonyl (C=O) groups is 1. The Labute approximate surface area is 165 Å². The first-order valence-electron chi connectivity index (χ1n) is 10.3. The number of carbonyl (C=O) groups excluding carboxylic acids is 1. The third-order valence-corrected chi connectivity index (χ3v) is 6.37. The molecular formula is C22H26N4O2. The van der Waals surface area contributed by atoms with Crippen molar-refractivity contribution in [1.82, 2.24) is 15.1 Å². The summed E-state index contributed by atoms with van der Waals surface area (Å²) in [5.41, 5.74) is 3.64. The minimum absolute atomic E-state index is 0.0995. The van der Waals surface area contributed by atoms with Gasteiger partial charge in [0.2, 0.25) is 5.91 Å². The number of amides is 1. The molecule has 1 aliphatic carbocycles. The smallest absolute Gasteiger partial charge is 0.229 e. The summed E-state index contributed by atoms with van der Waals surface area (Å²) < 4.78 is 5.81. The third-order valence-electron chi connectivity index (χ3n) is 6.37. The van der Waals surface area contributed by atoms with Crippen LogP contribution in [0.25, 0.3) is 0 Å². The van der Waals surface area contributed by atoms with Crippen LogP contribution in [0.1, 0.15) is 29.7 Å². The zero-order valence-electron chi connectivity index (χ0n) is 16.3. The average molecular weight is 378 g/mol. The molecule has 2 aliphatic heterocycles. The summed E-state index contributed by atoms with van der Waals surface area (Å²) >= 11 is 0. The summed E-state index contributed by atoms with van der Waals surface area (Å²) in [6.45, 7) is 2.10. The van der Waals surface area contributed by atoms with Gasteiger partial charge in [-0.3, -0.25) is 4.79 Å². The van der Waals surface area contributed by atoms with Crippen LogP contribution in [0.2, 0.25) is 0 Å². The number of benzene rings is 1. The Morgan fingerprint density at radius 3 is 2.86 bits per heavy atom. The minimum atomic E-state index is -0.0995. The molecule has 28 heavy (non-hydrogen) atoms. The molecule has 1 amide bonds. The van der Waals surface area contributed by atoms with E-state index in [0.29, 0.717) is 6.61 Å². The summed E-state index contributed by atoms with van der Waals surface area (Å²) in [7, 11) is 1.92. The average Bonchev–Trinajstić information content (AvgIpc) is 2.71. The van der Waals surface area contributed by atoms with Crippen LogP contribution in [0.15, 0.2) is 30.3 Å². The number of aromatic nitrogens is 2. The highest BCUT2D eigenvalue weighted by Crippen LogP contribution is 2.30. The van der Waals surface area contributed by atoms with Crippen LogP contribution in [-0.2, 0) is 24.1 Å². The van der Waals surface area contributed by atoms with Gasteiger partial charge in [-0.25, -0.2) is 0 Å². The predicted octanol–water partition coefficient (Wildman–Crippen LogP) is 2.25. The van der Waals surface area contributed by atoms with Crippen molar-refractivity contribution in [2.45, 2.75) is 38.1 Å². The highest BCUT2D eigenvalue weighted by Gasteiger charge is 2.37. The van der Waals surface area contributed by atoms with Gasteiger partial charge in [-0.05, 0) is 55.4 Å². The van der Waals surface area contributed by atoms with Gasteiger partial charge < -0.3 is 14.5 Å². The number of hydrogen-bond acceptors (Lipinski definition) is 5. The van der Waals surface area contributed by atoms with Crippen molar-refractivity contribution in [3.05, 3.63) is 47.2 Å². The molecule has 0 N–H and O–H groups in total. The highest BCUT2D eigenvalue weighted by atomic mass is 16.5. The number of fused-ring (bicyclic) bond motifs is 2. The van der Waals surface area contributed by atoms with E-state index in [1.165, 1.54) is 18.4 Å². The second kappa shape index (κ2) is 7.08. The molecule has 1 fully saturated rings. The molecule has 1 aromatic heterocycles. The number of likely N-dealkylation sites (N-methyl/N-ethyl adjacent to an activating group) is 1. The van der Waals surface area contributed by atoms with Crippen molar-refractivity contribution < 1.29 is 9.53 Å². The fraction of sp³-hybridized carbons (Fsp3) is 0.500. The van der Waals surface area contributed by atoms with Crippen LogP contribution >= 0.6 is 0 Å². The molecule has 6 heteroatoms. The first-order chi connectivity index (χ1) is 13.7. The normalized spacial score (nSPS) is 21.2. The molecule has 0 saturated carbocycles. The number of hydrogen-bond donors (Lipinski definition) is 0. The highest BCUT2D eigenvalue weighted by molar-refractivity contribution is 5.80. The van der Waals surface area contributed by atoms with E-state index in [1.807, 2.05) is 30.1 Å². The zero-order valence-corrected chi connectivity index (χ0v) is 16.3. The molecule has 146 valence electrons. The van der Waals surface area contributed by atoms with Gasteiger partial charge in [0, 0.05) is 20.1 Å². The molecule has 5 rings (SSSR count). The lowest BCUT2D eigenvalue weighted by Crippen LogP contribution is -2.61. The maximum Gasteiger partial charge on any atom is 0.229 e. The van der Waals surface area contributed by atoms with E-state index in [4.69, 9.17) is 4.74 Å². The topological polar surface area (TPSA) is 58.6 Å². The van der Waals surface area contributed by atoms with Crippen molar-refractivity contribution in [3.8, 4) is 5.75 Å². The van der Waals surface area contributed by atoms with E-state index in [-0.39, 0.29) is 17.9 Å². The Hall–Kier alpha value is -2.63. The standard InChI is InChI=1S/C22H26N4O2/c1-25(22(27)17-10-16-7-3-5-9-20(16)28-14-17)18-12-26(13-18)21-11-15-6-2-4-8-19(15)23-24-21/h3,5,7,9,11,17-18H,2,4,6,8,10,12-14H2,1H3. The first-order valence-corrected chi connectivity index (χ1v) is 10.3. The minimum Gasteiger partial charge on any atom is -0.492 e. The molecule has 6 nitrogen and oxygen atoms in total. The lowest BCUT2D eigenvalue weighted by atomic mass is 9.94. The summed E-state index contributed by atoms with van der Waals surface area (Å²) in [5.74, 6) is 1.94. The van der Waals surface area contributed by atoms with E-state index in [0.717, 1.165) is 55.2 Å². The Balaban J connectivity index is 1.20. The molecule has 1 unspecified atom stereocenters. The number of ether oxygens (including phenoxy) is 1. The van der Waals surface area contributed by atoms with Gasteiger partial charge in [0.05, 0.1) is 17.7 Å². The van der Waals surface area contributed by atoms with E-state index in [9.17, 15) is 4.79 Å². The van der Waals surface area contributed by atoms with Gasteiger partial charge in [0.15, 0.2) is 5.82 Å². The molecule has 1 atom stereocenters. The van der Waals surface area contributed by atoms with Gasteiger partial charge in [0.1, 0.15) is 12.4 Å². The Bertz CT molecular complexity index is 894. The summed E-state index contributed by atoms with van der Waals surface area (Å²) in [6.07, 6.45) is 5.37. The van der Waals surface area contributed by atoms with Gasteiger partial charge in [-0.2, -0.15) is 5.10 Å². The lowest BCUT2D eigenvalue weighted by Gasteiger charge is -2.45. The first kappa shape index (κ1) is 17.5. The number of rotatable bonds is 3. The maximum absolute atomic E-state index is 13.0. The zero-order chi connectivity index (χ0) is 19.1. The van der Waals surface area contributed by atoms with Gasteiger partial charge >= 0.3 is 0 Å². The maximum atomic E-state index is 13.0. The van der Waals surface area contributed by atoms with Crippen molar-refractivity contribution in [2.75, 3.05) is 31.6 Å². The van der Waals surface area contributed by atoms with E-state index < -0.39 is 0 Å². The molecule has 3 aliphatic rings. The van der Waals surface area contributed by atoms with Crippen LogP contribution in [-0.4, -0.2) is 53.8 Å². The molecule has 1 saturated heterocycles. The molecular weight excluding hydrogens is 352 g/mol. The van der Waals surface area contributed by atoms with E-state index in [1.54, 1.807) is 0 Å². The van der Waals surface area contributed by atoms with Gasteiger partial charge in [-0.1, -0.05) is 18.2 Å². The molecule has 0 radical (unpaired) electrons. The lowest BCUT2D eigenvalue weighted by molar-refractivity contribution is -0.138. The van der Waals surface area contributed by atoms with E-state index in [2.05, 4.69) is 27.2 Å². The van der Waals surface area contributed by atoms with Crippen LogP contribution < -0.4 is 9.64 Å². The quantitative estimate of drug-likeness (QED) is 0.820. The second-order valence-corrected chi connectivity index (χ2v) is 8.21. The number of nitrogens with zero attached hydrogens (tertiary/aromatic N) is 4. The van der Waals surface area contributed by atoms with Gasteiger partial charge in [-0.15, -0.1) is 5.10 Å². The SMILES string of the molecule is CN(C(=O)C1COc2ccccc2C1)C1CN(c2cc3c(nn2)CCCC3)C1. The second-order valence-electron chi connectivity index (χ2n) is 8.21. The number of aryl methyl sites for hydroxylation is 2. The third kappa shape index (κ3) is 3.11. The van der Waals surface area contributed by atoms with Crippen molar-refractivity contribution in [2.24, 2.45) is 5.92 Å². The monoisotopic (exact) mass is 378 g/mol. The summed E-state index contributed by atoms with van der Waals surface area (Å²) in [4.78, 5) is 17.1. The van der Waals surface area contributed by atoms with Crippen LogP contribution in [0.5, 0.6) is 5.75 Å². The Morgan fingerprint density at radius 1 is 1.14 bits per heavy atom. The van der Waals surface area contributed by atoms with Crippen LogP contribution in [0, 0.1) is 5.92 Å². The fourth-order valence-corrected chi connectivity index (χ4v) is 4.48. The number of para-hydroxylation sites is 1. The molecule has 0 spiro atoms. The van der Waals surface area contributed by atoms with Crippen molar-refractivity contribution in [3.63, 3.8) is 0 Å². The summed E-state index contributed by atoms with van der Waals surface area (Å²) in [5, 5.41) is 8.85. The molecule has 1 aromatic carbocycles. The van der Waals surface area contributed by atoms with Crippen molar-refractivity contribution >= 4 is 11.7 Å². The van der Waals surface area contributed by atoms with Crippen LogP contribution in [0.3, 0.4) is 0 Å². The Morgan fingerprint density at radius 2 is 1.96 bits per heavy atom. The predicted molar refractivity (Wildman–Crippen MR) is 107 cm³/mol. The van der Waals surface area contributed by atoms with E-state index >= 15 is 0 Å². The summed E-state index contributed by atoms with van der Waals surface area (Å²) in [6, 6.07) is 10.4. The fourth-order valence-electron chi connectivity index (χ4n) is 4.48. The molecule has 2 aromatic rings. The van der Waals surface area contributed by atoms with Gasteiger partial charge in [0.25, 0.3) is 0 Å². The molecule has 0 bridgehead atoms. The largest absolute Gasteiger partial charge is 0.492 e. The Kier molecular flexibility index (Phi) is 4.41. The van der Waals surface area contributed by atoms with Crippen molar-refractivity contribution in [1.29, 1.82) is 0 Å². The van der Waals surface area contributed by atoms with Crippen LogP contribution in [0.4, 0.5) is 5.82 Å².